The summed E-state index contributed by atoms with van der Waals surface area (Å²) < 4.78 is 1.06. The number of rotatable bonds is 2. The van der Waals surface area contributed by atoms with Crippen molar-refractivity contribution in [3.05, 3.63) is 51.5 Å². The largest absolute Gasteiger partial charge is 0.289 e. The number of halogens is 1. The fraction of sp³-hybridized carbons (Fsp3) is 0.353. The molecule has 2 heteroatoms. The minimum atomic E-state index is 0.219. The van der Waals surface area contributed by atoms with E-state index in [4.69, 9.17) is 0 Å². The van der Waals surface area contributed by atoms with E-state index in [1.165, 1.54) is 0 Å². The summed E-state index contributed by atoms with van der Waals surface area (Å²) >= 11 is 3.43. The van der Waals surface area contributed by atoms with Gasteiger partial charge in [-0.2, -0.15) is 0 Å². The van der Waals surface area contributed by atoms with E-state index in [-0.39, 0.29) is 5.78 Å². The maximum absolute atomic E-state index is 12.5. The predicted molar refractivity (Wildman–Crippen MR) is 83.8 cm³/mol. The van der Waals surface area contributed by atoms with E-state index < -0.39 is 0 Å². The van der Waals surface area contributed by atoms with Crippen molar-refractivity contribution in [1.82, 2.24) is 0 Å². The van der Waals surface area contributed by atoms with Gasteiger partial charge in [0, 0.05) is 10.0 Å². The van der Waals surface area contributed by atoms with Gasteiger partial charge in [0.2, 0.25) is 0 Å². The number of ketones is 1. The molecule has 0 saturated carbocycles. The SMILES string of the molecule is CC(C)C1=CCC(C)C(=Cc2ccc(Br)cc2)C1=O. The van der Waals surface area contributed by atoms with Crippen molar-refractivity contribution >= 4 is 27.8 Å². The molecule has 1 aromatic carbocycles. The number of hydrogen-bond acceptors (Lipinski definition) is 1. The van der Waals surface area contributed by atoms with E-state index in [1.54, 1.807) is 0 Å². The first-order valence-electron chi connectivity index (χ1n) is 6.71. The van der Waals surface area contributed by atoms with Crippen LogP contribution in [0.2, 0.25) is 0 Å². The molecule has 0 radical (unpaired) electrons. The molecule has 0 spiro atoms. The van der Waals surface area contributed by atoms with Gasteiger partial charge < -0.3 is 0 Å². The van der Waals surface area contributed by atoms with Crippen molar-refractivity contribution in [2.75, 3.05) is 0 Å². The molecule has 0 aliphatic heterocycles. The Morgan fingerprint density at radius 2 is 1.89 bits per heavy atom. The second kappa shape index (κ2) is 5.87. The Balaban J connectivity index is 2.35. The molecule has 0 saturated heterocycles. The van der Waals surface area contributed by atoms with Gasteiger partial charge in [0.25, 0.3) is 0 Å². The van der Waals surface area contributed by atoms with E-state index in [2.05, 4.69) is 42.8 Å². The molecule has 0 N–H and O–H groups in total. The third-order valence-electron chi connectivity index (χ3n) is 3.56. The zero-order chi connectivity index (χ0) is 14.0. The summed E-state index contributed by atoms with van der Waals surface area (Å²) in [5.41, 5.74) is 2.98. The average molecular weight is 319 g/mol. The molecule has 1 aliphatic carbocycles. The highest BCUT2D eigenvalue weighted by Gasteiger charge is 2.26. The first kappa shape index (κ1) is 14.3. The van der Waals surface area contributed by atoms with Gasteiger partial charge in [-0.15, -0.1) is 0 Å². The Morgan fingerprint density at radius 1 is 1.26 bits per heavy atom. The van der Waals surface area contributed by atoms with Crippen LogP contribution in [0.3, 0.4) is 0 Å². The summed E-state index contributed by atoms with van der Waals surface area (Å²) in [5, 5.41) is 0. The van der Waals surface area contributed by atoms with Gasteiger partial charge in [0.05, 0.1) is 0 Å². The van der Waals surface area contributed by atoms with Gasteiger partial charge in [-0.1, -0.05) is 54.9 Å². The van der Waals surface area contributed by atoms with Crippen LogP contribution in [0.4, 0.5) is 0 Å². The van der Waals surface area contributed by atoms with Crippen LogP contribution in [0.15, 0.2) is 46.0 Å². The molecule has 1 nitrogen and oxygen atoms in total. The topological polar surface area (TPSA) is 17.1 Å². The third-order valence-corrected chi connectivity index (χ3v) is 4.09. The maximum atomic E-state index is 12.5. The number of Topliss-reactive ketones (excluding diaryl/α,β-unsaturated/α-hetero) is 1. The quantitative estimate of drug-likeness (QED) is 0.699. The van der Waals surface area contributed by atoms with E-state index >= 15 is 0 Å². The lowest BCUT2D eigenvalue weighted by molar-refractivity contribution is -0.113. The van der Waals surface area contributed by atoms with Crippen LogP contribution in [-0.4, -0.2) is 5.78 Å². The molecule has 0 amide bonds. The second-order valence-electron chi connectivity index (χ2n) is 5.43. The van der Waals surface area contributed by atoms with Crippen molar-refractivity contribution in [3.8, 4) is 0 Å². The fourth-order valence-electron chi connectivity index (χ4n) is 2.36. The number of carbonyl (C=O) groups is 1. The molecule has 1 aromatic rings. The molecule has 1 unspecified atom stereocenters. The number of hydrogen-bond donors (Lipinski definition) is 0. The first-order valence-corrected chi connectivity index (χ1v) is 7.50. The standard InChI is InChI=1S/C17H19BrO/c1-11(2)15-9-4-12(3)16(17(15)19)10-13-5-7-14(18)8-6-13/h5-12H,4H2,1-3H3. The van der Waals surface area contributed by atoms with Crippen LogP contribution in [0.25, 0.3) is 6.08 Å². The van der Waals surface area contributed by atoms with E-state index in [1.807, 2.05) is 30.3 Å². The summed E-state index contributed by atoms with van der Waals surface area (Å²) in [6.07, 6.45) is 5.10. The molecule has 0 bridgehead atoms. The Bertz CT molecular complexity index is 535. The van der Waals surface area contributed by atoms with Gasteiger partial charge in [0.1, 0.15) is 0 Å². The van der Waals surface area contributed by atoms with Gasteiger partial charge in [0.15, 0.2) is 5.78 Å². The zero-order valence-electron chi connectivity index (χ0n) is 11.6. The first-order chi connectivity index (χ1) is 8.99. The molecular weight excluding hydrogens is 300 g/mol. The Morgan fingerprint density at radius 3 is 2.47 bits per heavy atom. The van der Waals surface area contributed by atoms with Crippen LogP contribution < -0.4 is 0 Å². The summed E-state index contributed by atoms with van der Waals surface area (Å²) in [6, 6.07) is 8.07. The summed E-state index contributed by atoms with van der Waals surface area (Å²) in [6.45, 7) is 6.28. The Kier molecular flexibility index (Phi) is 4.41. The van der Waals surface area contributed by atoms with Crippen LogP contribution in [0.5, 0.6) is 0 Å². The minimum Gasteiger partial charge on any atom is -0.289 e. The van der Waals surface area contributed by atoms with E-state index in [0.29, 0.717) is 11.8 Å². The maximum Gasteiger partial charge on any atom is 0.185 e. The van der Waals surface area contributed by atoms with E-state index in [0.717, 1.165) is 27.6 Å². The lowest BCUT2D eigenvalue weighted by Gasteiger charge is -2.23. The summed E-state index contributed by atoms with van der Waals surface area (Å²) in [7, 11) is 0. The summed E-state index contributed by atoms with van der Waals surface area (Å²) in [4.78, 5) is 12.5. The highest BCUT2D eigenvalue weighted by atomic mass is 79.9. The average Bonchev–Trinajstić information content (AvgIpc) is 2.36. The number of allylic oxidation sites excluding steroid dienone is 3. The monoisotopic (exact) mass is 318 g/mol. The third kappa shape index (κ3) is 3.24. The van der Waals surface area contributed by atoms with Gasteiger partial charge in [-0.05, 0) is 47.6 Å². The van der Waals surface area contributed by atoms with Crippen molar-refractivity contribution in [2.24, 2.45) is 11.8 Å². The minimum absolute atomic E-state index is 0.219. The molecule has 100 valence electrons. The second-order valence-corrected chi connectivity index (χ2v) is 6.35. The van der Waals surface area contributed by atoms with Crippen LogP contribution in [0.1, 0.15) is 32.8 Å². The van der Waals surface area contributed by atoms with Crippen LogP contribution in [0, 0.1) is 11.8 Å². The van der Waals surface area contributed by atoms with Crippen molar-refractivity contribution in [2.45, 2.75) is 27.2 Å². The lowest BCUT2D eigenvalue weighted by Crippen LogP contribution is -2.20. The molecule has 0 fully saturated rings. The molecule has 1 aliphatic rings. The normalized spacial score (nSPS) is 21.9. The Hall–Kier alpha value is -1.15. The molecule has 2 rings (SSSR count). The van der Waals surface area contributed by atoms with Gasteiger partial charge >= 0.3 is 0 Å². The fourth-order valence-corrected chi connectivity index (χ4v) is 2.62. The summed E-state index contributed by atoms with van der Waals surface area (Å²) in [5.74, 6) is 0.823. The molecule has 1 atom stereocenters. The van der Waals surface area contributed by atoms with Crippen LogP contribution >= 0.6 is 15.9 Å². The molecular formula is C17H19BrO. The zero-order valence-corrected chi connectivity index (χ0v) is 13.2. The lowest BCUT2D eigenvalue weighted by atomic mass is 9.80. The number of benzene rings is 1. The Labute approximate surface area is 123 Å². The molecule has 19 heavy (non-hydrogen) atoms. The highest BCUT2D eigenvalue weighted by molar-refractivity contribution is 9.10. The smallest absolute Gasteiger partial charge is 0.185 e. The van der Waals surface area contributed by atoms with Crippen molar-refractivity contribution in [3.63, 3.8) is 0 Å². The van der Waals surface area contributed by atoms with Crippen LogP contribution in [-0.2, 0) is 4.79 Å². The van der Waals surface area contributed by atoms with Gasteiger partial charge in [-0.25, -0.2) is 0 Å². The van der Waals surface area contributed by atoms with Crippen molar-refractivity contribution < 1.29 is 4.79 Å². The van der Waals surface area contributed by atoms with Crippen molar-refractivity contribution in [1.29, 1.82) is 0 Å². The van der Waals surface area contributed by atoms with E-state index in [9.17, 15) is 4.79 Å². The predicted octanol–water partition coefficient (Wildman–Crippen LogP) is 5.02. The molecule has 0 heterocycles. The number of carbonyl (C=O) groups excluding carboxylic acids is 1. The van der Waals surface area contributed by atoms with Gasteiger partial charge in [-0.3, -0.25) is 4.79 Å². The highest BCUT2D eigenvalue weighted by Crippen LogP contribution is 2.31. The molecule has 0 aromatic heterocycles.